The maximum atomic E-state index is 12.7. The van der Waals surface area contributed by atoms with Gasteiger partial charge in [-0.3, -0.25) is 4.79 Å². The van der Waals surface area contributed by atoms with Crippen LogP contribution >= 0.6 is 0 Å². The maximum Gasteiger partial charge on any atom is 0.416 e. The summed E-state index contributed by atoms with van der Waals surface area (Å²) in [6, 6.07) is 6.10. The molecule has 5 nitrogen and oxygen atoms in total. The second-order valence-corrected chi connectivity index (χ2v) is 5.75. The van der Waals surface area contributed by atoms with Crippen molar-refractivity contribution < 1.29 is 22.7 Å². The fourth-order valence-corrected chi connectivity index (χ4v) is 2.55. The first-order chi connectivity index (χ1) is 12.2. The Morgan fingerprint density at radius 1 is 1.31 bits per heavy atom. The summed E-state index contributed by atoms with van der Waals surface area (Å²) in [5.74, 6) is -0.708. The molecule has 1 heterocycles. The number of hydrazone groups is 1. The molecule has 0 aliphatic rings. The first kappa shape index (κ1) is 19.7. The molecule has 0 saturated heterocycles. The van der Waals surface area contributed by atoms with E-state index in [1.807, 2.05) is 19.9 Å². The number of alkyl halides is 3. The molecule has 26 heavy (non-hydrogen) atoms. The summed E-state index contributed by atoms with van der Waals surface area (Å²) >= 11 is 0. The normalized spacial score (nSPS) is 11.9. The summed E-state index contributed by atoms with van der Waals surface area (Å²) in [7, 11) is 1.62. The van der Waals surface area contributed by atoms with Crippen LogP contribution in [0.1, 0.15) is 32.9 Å². The lowest BCUT2D eigenvalue weighted by atomic mass is 10.1. The summed E-state index contributed by atoms with van der Waals surface area (Å²) in [6.07, 6.45) is -3.03. The van der Waals surface area contributed by atoms with E-state index in [9.17, 15) is 18.0 Å². The highest BCUT2D eigenvalue weighted by molar-refractivity contribution is 5.95. The van der Waals surface area contributed by atoms with Crippen LogP contribution in [0.15, 0.2) is 35.4 Å². The number of hydrogen-bond acceptors (Lipinski definition) is 3. The van der Waals surface area contributed by atoms with Gasteiger partial charge in [0.05, 0.1) is 18.4 Å². The van der Waals surface area contributed by atoms with E-state index in [1.165, 1.54) is 18.3 Å². The maximum absolute atomic E-state index is 12.7. The van der Waals surface area contributed by atoms with Crippen molar-refractivity contribution in [2.24, 2.45) is 5.10 Å². The minimum atomic E-state index is -4.50. The highest BCUT2D eigenvalue weighted by Crippen LogP contribution is 2.29. The SMILES string of the molecule is COCCn1c(C)cc(/C=N/NC(=O)c2cccc(C(F)(F)F)c2)c1C. The number of halogens is 3. The molecule has 2 aromatic rings. The number of methoxy groups -OCH3 is 1. The van der Waals surface area contributed by atoms with Gasteiger partial charge in [-0.2, -0.15) is 18.3 Å². The molecule has 2 rings (SSSR count). The number of amides is 1. The lowest BCUT2D eigenvalue weighted by molar-refractivity contribution is -0.137. The predicted molar refractivity (Wildman–Crippen MR) is 92.3 cm³/mol. The zero-order valence-corrected chi connectivity index (χ0v) is 14.7. The van der Waals surface area contributed by atoms with Crippen molar-refractivity contribution in [1.82, 2.24) is 9.99 Å². The Bertz CT molecular complexity index is 810. The van der Waals surface area contributed by atoms with Crippen LogP contribution < -0.4 is 5.43 Å². The van der Waals surface area contributed by atoms with Crippen molar-refractivity contribution in [1.29, 1.82) is 0 Å². The van der Waals surface area contributed by atoms with Crippen LogP contribution in [0.2, 0.25) is 0 Å². The first-order valence-electron chi connectivity index (χ1n) is 7.90. The van der Waals surface area contributed by atoms with Crippen LogP contribution in [-0.4, -0.2) is 30.4 Å². The molecule has 8 heteroatoms. The lowest BCUT2D eigenvalue weighted by Gasteiger charge is -2.08. The number of nitrogens with one attached hydrogen (secondary N) is 1. The topological polar surface area (TPSA) is 55.6 Å². The van der Waals surface area contributed by atoms with Crippen LogP contribution in [-0.2, 0) is 17.5 Å². The van der Waals surface area contributed by atoms with E-state index >= 15 is 0 Å². The molecular weight excluding hydrogens is 347 g/mol. The zero-order chi connectivity index (χ0) is 19.3. The van der Waals surface area contributed by atoms with Gasteiger partial charge in [0, 0.05) is 36.2 Å². The van der Waals surface area contributed by atoms with Gasteiger partial charge in [0.2, 0.25) is 0 Å². The van der Waals surface area contributed by atoms with Crippen LogP contribution in [0.25, 0.3) is 0 Å². The second kappa shape index (κ2) is 8.18. The molecular formula is C18H20F3N3O2. The van der Waals surface area contributed by atoms with E-state index in [4.69, 9.17) is 4.74 Å². The predicted octanol–water partition coefficient (Wildman–Crippen LogP) is 3.53. The van der Waals surface area contributed by atoms with Gasteiger partial charge in [0.15, 0.2) is 0 Å². The summed E-state index contributed by atoms with van der Waals surface area (Å²) in [5, 5.41) is 3.85. The molecule has 1 amide bonds. The molecule has 1 aromatic carbocycles. The van der Waals surface area contributed by atoms with Crippen molar-refractivity contribution in [3.05, 3.63) is 58.4 Å². The van der Waals surface area contributed by atoms with Crippen molar-refractivity contribution in [2.45, 2.75) is 26.6 Å². The van der Waals surface area contributed by atoms with Gasteiger partial charge in [0.1, 0.15) is 0 Å². The Kier molecular flexibility index (Phi) is 6.20. The fraction of sp³-hybridized carbons (Fsp3) is 0.333. The molecule has 0 spiro atoms. The minimum Gasteiger partial charge on any atom is -0.383 e. The number of rotatable bonds is 6. The molecule has 1 N–H and O–H groups in total. The largest absolute Gasteiger partial charge is 0.416 e. The highest BCUT2D eigenvalue weighted by atomic mass is 19.4. The molecule has 1 aromatic heterocycles. The Labute approximate surface area is 149 Å². The Morgan fingerprint density at radius 3 is 2.69 bits per heavy atom. The molecule has 0 radical (unpaired) electrons. The number of nitrogens with zero attached hydrogens (tertiary/aromatic N) is 2. The summed E-state index contributed by atoms with van der Waals surface area (Å²) in [4.78, 5) is 12.0. The van der Waals surface area contributed by atoms with Crippen LogP contribution in [0, 0.1) is 13.8 Å². The first-order valence-corrected chi connectivity index (χ1v) is 7.90. The van der Waals surface area contributed by atoms with Gasteiger partial charge in [-0.1, -0.05) is 6.07 Å². The number of hydrogen-bond donors (Lipinski definition) is 1. The number of carbonyl (C=O) groups is 1. The van der Waals surface area contributed by atoms with Gasteiger partial charge < -0.3 is 9.30 Å². The third kappa shape index (κ3) is 4.72. The van der Waals surface area contributed by atoms with E-state index in [2.05, 4.69) is 15.1 Å². The van der Waals surface area contributed by atoms with Crippen molar-refractivity contribution in [3.8, 4) is 0 Å². The molecule has 0 atom stereocenters. The third-order valence-electron chi connectivity index (χ3n) is 3.95. The highest BCUT2D eigenvalue weighted by Gasteiger charge is 2.30. The summed E-state index contributed by atoms with van der Waals surface area (Å²) in [6.45, 7) is 5.12. The summed E-state index contributed by atoms with van der Waals surface area (Å²) in [5.41, 5.74) is 4.05. The molecule has 0 aliphatic carbocycles. The van der Waals surface area contributed by atoms with Crippen LogP contribution in [0.5, 0.6) is 0 Å². The molecule has 0 saturated carbocycles. The monoisotopic (exact) mass is 367 g/mol. The second-order valence-electron chi connectivity index (χ2n) is 5.75. The number of benzene rings is 1. The molecule has 0 fully saturated rings. The fourth-order valence-electron chi connectivity index (χ4n) is 2.55. The van der Waals surface area contributed by atoms with E-state index in [1.54, 1.807) is 7.11 Å². The third-order valence-corrected chi connectivity index (χ3v) is 3.95. The van der Waals surface area contributed by atoms with E-state index < -0.39 is 17.6 Å². The molecule has 0 bridgehead atoms. The van der Waals surface area contributed by atoms with Gasteiger partial charge >= 0.3 is 6.18 Å². The van der Waals surface area contributed by atoms with Gasteiger partial charge in [0.25, 0.3) is 5.91 Å². The average molecular weight is 367 g/mol. The quantitative estimate of drug-likeness (QED) is 0.627. The van der Waals surface area contributed by atoms with Crippen LogP contribution in [0.3, 0.4) is 0 Å². The number of ether oxygens (including phenoxy) is 1. The van der Waals surface area contributed by atoms with Gasteiger partial charge in [-0.05, 0) is 38.1 Å². The zero-order valence-electron chi connectivity index (χ0n) is 14.7. The molecule has 0 unspecified atom stereocenters. The Hall–Kier alpha value is -2.61. The lowest BCUT2D eigenvalue weighted by Crippen LogP contribution is -2.18. The van der Waals surface area contributed by atoms with E-state index in [-0.39, 0.29) is 5.56 Å². The minimum absolute atomic E-state index is 0.109. The van der Waals surface area contributed by atoms with Gasteiger partial charge in [-0.15, -0.1) is 0 Å². The van der Waals surface area contributed by atoms with Gasteiger partial charge in [-0.25, -0.2) is 5.43 Å². The number of aryl methyl sites for hydroxylation is 1. The van der Waals surface area contributed by atoms with Crippen molar-refractivity contribution in [2.75, 3.05) is 13.7 Å². The van der Waals surface area contributed by atoms with E-state index in [0.717, 1.165) is 29.1 Å². The number of carbonyl (C=O) groups excluding carboxylic acids is 1. The average Bonchev–Trinajstić information content (AvgIpc) is 2.86. The molecule has 0 aliphatic heterocycles. The Balaban J connectivity index is 2.08. The number of aromatic nitrogens is 1. The van der Waals surface area contributed by atoms with Crippen molar-refractivity contribution in [3.63, 3.8) is 0 Å². The van der Waals surface area contributed by atoms with Crippen LogP contribution in [0.4, 0.5) is 13.2 Å². The Morgan fingerprint density at radius 2 is 2.04 bits per heavy atom. The standard InChI is InChI=1S/C18H20F3N3O2/c1-12-9-15(13(2)24(12)7-8-26-3)11-22-23-17(25)14-5-4-6-16(10-14)18(19,20)21/h4-6,9-11H,7-8H2,1-3H3,(H,23,25)/b22-11+. The smallest absolute Gasteiger partial charge is 0.383 e. The van der Waals surface area contributed by atoms with E-state index in [0.29, 0.717) is 13.2 Å². The summed E-state index contributed by atoms with van der Waals surface area (Å²) < 4.78 is 45.2. The van der Waals surface area contributed by atoms with Crippen molar-refractivity contribution >= 4 is 12.1 Å². The molecule has 140 valence electrons.